The van der Waals surface area contributed by atoms with Crippen molar-refractivity contribution < 1.29 is 17.9 Å². The Balaban J connectivity index is 2.52. The predicted molar refractivity (Wildman–Crippen MR) is 113 cm³/mol. The van der Waals surface area contributed by atoms with Gasteiger partial charge in [-0.1, -0.05) is 60.1 Å². The van der Waals surface area contributed by atoms with Crippen molar-refractivity contribution >= 4 is 31.9 Å². The lowest BCUT2D eigenvalue weighted by molar-refractivity contribution is -0.148. The lowest BCUT2D eigenvalue weighted by atomic mass is 10.0. The summed E-state index contributed by atoms with van der Waals surface area (Å²) in [6.07, 6.45) is 0.376. The standard InChI is InChI=1S/C21H26BrNO4S/c1-4-27-21(24)20(14-16(2)3)23(15-17-8-6-5-7-9-17)28(25,26)19-12-10-18(22)11-13-19/h5-13,16,20H,4,14-15H2,1-3H3. The van der Waals surface area contributed by atoms with Crippen molar-refractivity contribution in [2.45, 2.75) is 44.7 Å². The second kappa shape index (κ2) is 10.2. The predicted octanol–water partition coefficient (Wildman–Crippen LogP) is 4.62. The van der Waals surface area contributed by atoms with E-state index in [9.17, 15) is 13.2 Å². The summed E-state index contributed by atoms with van der Waals surface area (Å²) in [5, 5.41) is 0. The molecule has 1 unspecified atom stereocenters. The minimum atomic E-state index is -3.91. The smallest absolute Gasteiger partial charge is 0.324 e. The third-order valence-electron chi connectivity index (χ3n) is 4.20. The summed E-state index contributed by atoms with van der Waals surface area (Å²) in [5.41, 5.74) is 0.807. The number of benzene rings is 2. The number of carbonyl (C=O) groups excluding carboxylic acids is 1. The number of ether oxygens (including phenoxy) is 1. The Kier molecular flexibility index (Phi) is 8.22. The highest BCUT2D eigenvalue weighted by molar-refractivity contribution is 9.10. The van der Waals surface area contributed by atoms with Crippen LogP contribution in [0.2, 0.25) is 0 Å². The molecule has 0 saturated heterocycles. The maximum absolute atomic E-state index is 13.5. The molecule has 152 valence electrons. The Labute approximate surface area is 175 Å². The van der Waals surface area contributed by atoms with Gasteiger partial charge in [0.1, 0.15) is 6.04 Å². The van der Waals surface area contributed by atoms with E-state index in [-0.39, 0.29) is 24.0 Å². The zero-order valence-electron chi connectivity index (χ0n) is 16.3. The molecule has 2 aromatic carbocycles. The minimum Gasteiger partial charge on any atom is -0.465 e. The lowest BCUT2D eigenvalue weighted by Gasteiger charge is -2.30. The Morgan fingerprint density at radius 2 is 1.68 bits per heavy atom. The number of hydrogen-bond donors (Lipinski definition) is 0. The van der Waals surface area contributed by atoms with Gasteiger partial charge in [0.2, 0.25) is 10.0 Å². The topological polar surface area (TPSA) is 63.7 Å². The average molecular weight is 468 g/mol. The summed E-state index contributed by atoms with van der Waals surface area (Å²) in [4.78, 5) is 12.8. The molecular weight excluding hydrogens is 442 g/mol. The number of carbonyl (C=O) groups is 1. The molecule has 0 radical (unpaired) electrons. The van der Waals surface area contributed by atoms with Gasteiger partial charge < -0.3 is 4.74 Å². The van der Waals surface area contributed by atoms with Gasteiger partial charge in [-0.25, -0.2) is 8.42 Å². The molecule has 5 nitrogen and oxygen atoms in total. The van der Waals surface area contributed by atoms with Gasteiger partial charge in [-0.2, -0.15) is 4.31 Å². The van der Waals surface area contributed by atoms with Gasteiger partial charge in [0.05, 0.1) is 11.5 Å². The van der Waals surface area contributed by atoms with E-state index in [1.807, 2.05) is 44.2 Å². The SMILES string of the molecule is CCOC(=O)C(CC(C)C)N(Cc1ccccc1)S(=O)(=O)c1ccc(Br)cc1. The van der Waals surface area contributed by atoms with Crippen LogP contribution < -0.4 is 0 Å². The molecule has 0 amide bonds. The van der Waals surface area contributed by atoms with Crippen molar-refractivity contribution in [2.75, 3.05) is 6.61 Å². The minimum absolute atomic E-state index is 0.0927. The molecule has 0 bridgehead atoms. The van der Waals surface area contributed by atoms with Gasteiger partial charge >= 0.3 is 5.97 Å². The van der Waals surface area contributed by atoms with Crippen LogP contribution in [0.25, 0.3) is 0 Å². The first kappa shape index (κ1) is 22.6. The fourth-order valence-electron chi connectivity index (χ4n) is 2.88. The fraction of sp³-hybridized carbons (Fsp3) is 0.381. The van der Waals surface area contributed by atoms with E-state index >= 15 is 0 Å². The molecule has 2 aromatic rings. The average Bonchev–Trinajstić information content (AvgIpc) is 2.65. The first-order valence-electron chi connectivity index (χ1n) is 9.23. The zero-order chi connectivity index (χ0) is 20.7. The number of nitrogens with zero attached hydrogens (tertiary/aromatic N) is 1. The van der Waals surface area contributed by atoms with Gasteiger partial charge in [-0.3, -0.25) is 4.79 Å². The van der Waals surface area contributed by atoms with E-state index < -0.39 is 22.0 Å². The molecule has 28 heavy (non-hydrogen) atoms. The van der Waals surface area contributed by atoms with Crippen molar-refractivity contribution in [1.29, 1.82) is 0 Å². The molecule has 0 aliphatic rings. The van der Waals surface area contributed by atoms with Crippen LogP contribution in [0.3, 0.4) is 0 Å². The third-order valence-corrected chi connectivity index (χ3v) is 6.60. The normalized spacial score (nSPS) is 12.9. The van der Waals surface area contributed by atoms with E-state index in [0.29, 0.717) is 6.42 Å². The van der Waals surface area contributed by atoms with E-state index in [0.717, 1.165) is 10.0 Å². The molecule has 0 saturated carbocycles. The lowest BCUT2D eigenvalue weighted by Crippen LogP contribution is -2.46. The van der Waals surface area contributed by atoms with Gasteiger partial charge in [-0.05, 0) is 49.1 Å². The van der Waals surface area contributed by atoms with Crippen molar-refractivity contribution in [2.24, 2.45) is 5.92 Å². The van der Waals surface area contributed by atoms with Gasteiger partial charge in [0.25, 0.3) is 0 Å². The quantitative estimate of drug-likeness (QED) is 0.504. The first-order valence-corrected chi connectivity index (χ1v) is 11.5. The molecule has 0 N–H and O–H groups in total. The van der Waals surface area contributed by atoms with Crippen LogP contribution >= 0.6 is 15.9 Å². The molecule has 0 heterocycles. The molecule has 1 atom stereocenters. The number of hydrogen-bond acceptors (Lipinski definition) is 4. The molecule has 0 fully saturated rings. The number of rotatable bonds is 9. The molecule has 7 heteroatoms. The van der Waals surface area contributed by atoms with Crippen LogP contribution in [-0.4, -0.2) is 31.3 Å². The Morgan fingerprint density at radius 3 is 2.21 bits per heavy atom. The highest BCUT2D eigenvalue weighted by atomic mass is 79.9. The Bertz CT molecular complexity index is 867. The maximum atomic E-state index is 13.5. The maximum Gasteiger partial charge on any atom is 0.324 e. The number of esters is 1. The van der Waals surface area contributed by atoms with Crippen molar-refractivity contribution in [3.05, 3.63) is 64.6 Å². The van der Waals surface area contributed by atoms with E-state index in [4.69, 9.17) is 4.74 Å². The summed E-state index contributed by atoms with van der Waals surface area (Å²) < 4.78 is 34.2. The summed E-state index contributed by atoms with van der Waals surface area (Å²) in [7, 11) is -3.91. The van der Waals surface area contributed by atoms with Gasteiger partial charge in [-0.15, -0.1) is 0 Å². The zero-order valence-corrected chi connectivity index (χ0v) is 18.7. The van der Waals surface area contributed by atoms with Crippen LogP contribution in [0.4, 0.5) is 0 Å². The monoisotopic (exact) mass is 467 g/mol. The molecule has 0 aliphatic heterocycles. The second-order valence-corrected chi connectivity index (χ2v) is 9.69. The largest absolute Gasteiger partial charge is 0.465 e. The molecule has 0 spiro atoms. The number of halogens is 1. The third kappa shape index (κ3) is 5.90. The molecular formula is C21H26BrNO4S. The first-order chi connectivity index (χ1) is 13.3. The second-order valence-electron chi connectivity index (χ2n) is 6.89. The molecule has 0 aromatic heterocycles. The highest BCUT2D eigenvalue weighted by Gasteiger charge is 2.37. The van der Waals surface area contributed by atoms with E-state index in [1.54, 1.807) is 19.1 Å². The van der Waals surface area contributed by atoms with Crippen molar-refractivity contribution in [3.8, 4) is 0 Å². The van der Waals surface area contributed by atoms with Crippen LogP contribution in [0.5, 0.6) is 0 Å². The van der Waals surface area contributed by atoms with Crippen LogP contribution in [-0.2, 0) is 26.1 Å². The summed E-state index contributed by atoms with van der Waals surface area (Å²) in [6.45, 7) is 5.92. The highest BCUT2D eigenvalue weighted by Crippen LogP contribution is 2.26. The molecule has 0 aliphatic carbocycles. The summed E-state index contributed by atoms with van der Waals surface area (Å²) in [5.74, 6) is -0.402. The van der Waals surface area contributed by atoms with Crippen molar-refractivity contribution in [1.82, 2.24) is 4.31 Å². The van der Waals surface area contributed by atoms with Crippen molar-refractivity contribution in [3.63, 3.8) is 0 Å². The summed E-state index contributed by atoms with van der Waals surface area (Å²) in [6, 6.07) is 14.8. The van der Waals surface area contributed by atoms with Crippen LogP contribution in [0.1, 0.15) is 32.8 Å². The number of sulfonamides is 1. The van der Waals surface area contributed by atoms with E-state index in [2.05, 4.69) is 15.9 Å². The van der Waals surface area contributed by atoms with Crippen LogP contribution in [0, 0.1) is 5.92 Å². The van der Waals surface area contributed by atoms with Crippen LogP contribution in [0.15, 0.2) is 64.0 Å². The Morgan fingerprint density at radius 1 is 1.07 bits per heavy atom. The molecule has 2 rings (SSSR count). The summed E-state index contributed by atoms with van der Waals surface area (Å²) >= 11 is 3.33. The van der Waals surface area contributed by atoms with Gasteiger partial charge in [0, 0.05) is 11.0 Å². The fourth-order valence-corrected chi connectivity index (χ4v) is 4.73. The Hall–Kier alpha value is -1.70. The van der Waals surface area contributed by atoms with E-state index in [1.165, 1.54) is 16.4 Å². The van der Waals surface area contributed by atoms with Gasteiger partial charge in [0.15, 0.2) is 0 Å².